The van der Waals surface area contributed by atoms with Crippen LogP contribution in [0.15, 0.2) is 62.0 Å². The molecule has 77 heavy (non-hydrogen) atoms. The fourth-order valence-corrected chi connectivity index (χ4v) is 13.9. The number of carbonyl (C=O) groups excluding carboxylic acids is 1. The molecule has 4 aromatic carbocycles. The third-order valence-electron chi connectivity index (χ3n) is 14.7. The molecule has 404 valence electrons. The minimum absolute atomic E-state index is 0.00516. The van der Waals surface area contributed by atoms with Gasteiger partial charge in [-0.2, -0.15) is 0 Å². The number of hydrogen-bond acceptors (Lipinski definition) is 14. The first-order valence-corrected chi connectivity index (χ1v) is 28.7. The maximum atomic E-state index is 15.0. The van der Waals surface area contributed by atoms with Gasteiger partial charge in [-0.1, -0.05) is 68.8 Å². The van der Waals surface area contributed by atoms with Gasteiger partial charge in [-0.15, -0.1) is 22.7 Å². The molecule has 4 heterocycles. The van der Waals surface area contributed by atoms with Crippen LogP contribution in [0, 0.1) is 23.3 Å². The average Bonchev–Trinajstić information content (AvgIpc) is 4.28. The van der Waals surface area contributed by atoms with Crippen LogP contribution in [0.4, 0.5) is 17.6 Å². The molecule has 23 heteroatoms. The Morgan fingerprint density at radius 3 is 1.47 bits per heavy atom. The molecule has 0 aliphatic heterocycles. The van der Waals surface area contributed by atoms with Crippen LogP contribution in [0.5, 0.6) is 0 Å². The summed E-state index contributed by atoms with van der Waals surface area (Å²) >= 11 is 30.7. The summed E-state index contributed by atoms with van der Waals surface area (Å²) in [4.78, 5) is 20.5. The van der Waals surface area contributed by atoms with Crippen molar-refractivity contribution in [1.29, 1.82) is 0 Å². The number of carbonyl (C=O) groups is 1. The normalized spacial score (nSPS) is 21.7. The zero-order valence-corrected chi connectivity index (χ0v) is 46.9. The summed E-state index contributed by atoms with van der Waals surface area (Å²) in [5.74, 6) is -2.42. The molecule has 0 amide bonds. The third-order valence-corrected chi connectivity index (χ3v) is 19.2. The SMILES string of the molecule is COC(=O)c1c(F)cc2nc(C3(O)CCC(OCc4c(-c5c(Cl)cccc5Cl)noc4C4CC4)CC3)sc2c1F.OC1(c2nc3cc(F)c(Br)c(F)c3s2)CCC(OCc2c(-c3c(Cl)cccc3Cl)noc2C2CC2)CC1. The summed E-state index contributed by atoms with van der Waals surface area (Å²) in [6, 6.07) is 12.7. The number of rotatable bonds is 13. The van der Waals surface area contributed by atoms with Gasteiger partial charge in [-0.25, -0.2) is 32.3 Å². The lowest BCUT2D eigenvalue weighted by Crippen LogP contribution is -2.34. The summed E-state index contributed by atoms with van der Waals surface area (Å²) < 4.78 is 86.3. The molecule has 4 fully saturated rings. The third kappa shape index (κ3) is 10.8. The Morgan fingerprint density at radius 2 is 1.06 bits per heavy atom. The van der Waals surface area contributed by atoms with Crippen molar-refractivity contribution in [2.75, 3.05) is 7.11 Å². The molecule has 0 spiro atoms. The van der Waals surface area contributed by atoms with Crippen LogP contribution >= 0.6 is 85.0 Å². The van der Waals surface area contributed by atoms with E-state index in [1.807, 2.05) is 0 Å². The number of aliphatic hydroxyl groups is 2. The molecule has 8 aromatic rings. The minimum atomic E-state index is -1.33. The molecule has 0 atom stereocenters. The van der Waals surface area contributed by atoms with Crippen LogP contribution in [-0.4, -0.2) is 55.8 Å². The van der Waals surface area contributed by atoms with Crippen molar-refractivity contribution in [1.82, 2.24) is 20.3 Å². The monoisotopic (exact) mass is 1240 g/mol. The molecular weight excluding hydrogens is 1190 g/mol. The molecule has 0 radical (unpaired) electrons. The number of esters is 1. The Labute approximate surface area is 474 Å². The second-order valence-electron chi connectivity index (χ2n) is 19.8. The van der Waals surface area contributed by atoms with E-state index in [1.165, 1.54) is 6.07 Å². The van der Waals surface area contributed by atoms with Crippen LogP contribution in [0.1, 0.15) is 132 Å². The smallest absolute Gasteiger partial charge is 0.343 e. The first-order chi connectivity index (χ1) is 36.9. The number of halogens is 9. The lowest BCUT2D eigenvalue weighted by Gasteiger charge is -2.34. The second-order valence-corrected chi connectivity index (χ2v) is 24.3. The largest absolute Gasteiger partial charge is 0.465 e. The fourth-order valence-electron chi connectivity index (χ4n) is 10.1. The van der Waals surface area contributed by atoms with Crippen molar-refractivity contribution >= 4 is 111 Å². The Kier molecular flexibility index (Phi) is 15.6. The van der Waals surface area contributed by atoms with Crippen LogP contribution in [0.3, 0.4) is 0 Å². The number of ether oxygens (including phenoxy) is 3. The molecule has 4 aliphatic rings. The number of fused-ring (bicyclic) bond motifs is 2. The molecule has 4 saturated carbocycles. The lowest BCUT2D eigenvalue weighted by atomic mass is 9.83. The molecule has 12 nitrogen and oxygen atoms in total. The van der Waals surface area contributed by atoms with Gasteiger partial charge >= 0.3 is 5.97 Å². The van der Waals surface area contributed by atoms with E-state index in [2.05, 4.69) is 40.9 Å². The maximum Gasteiger partial charge on any atom is 0.343 e. The van der Waals surface area contributed by atoms with E-state index in [4.69, 9.17) is 64.9 Å². The number of thiazole rings is 2. The van der Waals surface area contributed by atoms with Gasteiger partial charge in [0.05, 0.1) is 77.5 Å². The number of benzene rings is 4. The van der Waals surface area contributed by atoms with Crippen molar-refractivity contribution < 1.29 is 55.8 Å². The lowest BCUT2D eigenvalue weighted by molar-refractivity contribution is -0.0641. The predicted octanol–water partition coefficient (Wildman–Crippen LogP) is 16.1. The highest BCUT2D eigenvalue weighted by Gasteiger charge is 2.42. The van der Waals surface area contributed by atoms with Gasteiger partial charge in [0.15, 0.2) is 11.6 Å². The van der Waals surface area contributed by atoms with E-state index in [0.717, 1.165) is 84.2 Å². The van der Waals surface area contributed by atoms with Crippen LogP contribution < -0.4 is 0 Å². The summed E-state index contributed by atoms with van der Waals surface area (Å²) in [5, 5.41) is 33.9. The highest BCUT2D eigenvalue weighted by Crippen LogP contribution is 2.50. The molecular formula is C54H45BrCl4F4N4O8S2. The topological polar surface area (TPSA) is 163 Å². The van der Waals surface area contributed by atoms with Crippen LogP contribution in [-0.2, 0) is 38.6 Å². The average molecular weight is 1240 g/mol. The number of methoxy groups -OCH3 is 1. The molecule has 0 bridgehead atoms. The van der Waals surface area contributed by atoms with E-state index in [-0.39, 0.29) is 55.3 Å². The van der Waals surface area contributed by atoms with E-state index >= 15 is 0 Å². The Bertz CT molecular complexity index is 3530. The fraction of sp³-hybridized carbons (Fsp3) is 0.389. The molecule has 2 N–H and O–H groups in total. The molecule has 0 unspecified atom stereocenters. The maximum absolute atomic E-state index is 15.0. The van der Waals surface area contributed by atoms with Gasteiger partial charge in [0.2, 0.25) is 0 Å². The van der Waals surface area contributed by atoms with Crippen molar-refractivity contribution in [3.63, 3.8) is 0 Å². The first-order valence-electron chi connectivity index (χ1n) is 24.8. The summed E-state index contributed by atoms with van der Waals surface area (Å²) in [5.41, 5.74) is 1.01. The van der Waals surface area contributed by atoms with Gasteiger partial charge in [-0.05, 0) is 117 Å². The summed E-state index contributed by atoms with van der Waals surface area (Å²) in [6.45, 7) is 0.534. The minimum Gasteiger partial charge on any atom is -0.465 e. The highest BCUT2D eigenvalue weighted by molar-refractivity contribution is 9.10. The number of aromatic nitrogens is 4. The molecule has 4 aromatic heterocycles. The van der Waals surface area contributed by atoms with Crippen molar-refractivity contribution in [3.8, 4) is 22.5 Å². The first kappa shape index (κ1) is 54.7. The second kappa shape index (κ2) is 22.0. The van der Waals surface area contributed by atoms with Gasteiger partial charge in [0, 0.05) is 46.2 Å². The van der Waals surface area contributed by atoms with Gasteiger partial charge in [-0.3, -0.25) is 0 Å². The molecule has 12 rings (SSSR count). The highest BCUT2D eigenvalue weighted by atomic mass is 79.9. The Hall–Kier alpha value is -4.25. The van der Waals surface area contributed by atoms with Gasteiger partial charge in [0.1, 0.15) is 61.3 Å². The number of nitrogens with zero attached hydrogens (tertiary/aromatic N) is 4. The van der Waals surface area contributed by atoms with Crippen molar-refractivity contribution in [3.05, 3.63) is 135 Å². The molecule has 4 aliphatic carbocycles. The predicted molar refractivity (Wildman–Crippen MR) is 288 cm³/mol. The van der Waals surface area contributed by atoms with Crippen LogP contribution in [0.25, 0.3) is 42.9 Å². The van der Waals surface area contributed by atoms with Crippen molar-refractivity contribution in [2.24, 2.45) is 0 Å². The van der Waals surface area contributed by atoms with Crippen molar-refractivity contribution in [2.45, 2.75) is 126 Å². The van der Waals surface area contributed by atoms with Gasteiger partial charge in [0.25, 0.3) is 0 Å². The van der Waals surface area contributed by atoms with Crippen LogP contribution in [0.2, 0.25) is 20.1 Å². The van der Waals surface area contributed by atoms with E-state index in [1.54, 1.807) is 36.4 Å². The zero-order valence-electron chi connectivity index (χ0n) is 40.7. The van der Waals surface area contributed by atoms with E-state index < -0.39 is 46.0 Å². The summed E-state index contributed by atoms with van der Waals surface area (Å²) in [7, 11) is 1.05. The van der Waals surface area contributed by atoms with Gasteiger partial charge < -0.3 is 33.5 Å². The zero-order chi connectivity index (χ0) is 54.1. The standard InChI is InChI=1S/C28H24Cl2F2N2O5S.C26H21BrCl2F2N2O3S/c1-37-26(35)21-18(31)11-19-25(22(21)32)40-27(33-19)28(36)9-7-14(8-10-28)38-12-15-23(34-39-24(15)13-5-6-13)20-16(29)3-2-4-17(20)30;27-20-17(30)10-18-24(21(20)31)37-25(32-18)26(34)8-6-13(7-9-26)35-11-14-22(33-36-23(14)12-4-5-12)19-15(28)2-1-3-16(19)29/h2-4,11,13-14,36H,5-10,12H2,1H3;1-3,10,12-13,34H,4-9,11H2. The summed E-state index contributed by atoms with van der Waals surface area (Å²) in [6.07, 6.45) is 7.46. The number of hydrogen-bond donors (Lipinski definition) is 2. The van der Waals surface area contributed by atoms with E-state index in [0.29, 0.717) is 111 Å². The Balaban J connectivity index is 0.000000164. The quantitative estimate of drug-likeness (QED) is 0.0639. The molecule has 0 saturated heterocycles. The Morgan fingerprint density at radius 1 is 0.662 bits per heavy atom. The van der Waals surface area contributed by atoms with E-state index in [9.17, 15) is 32.6 Å².